The van der Waals surface area contributed by atoms with Crippen LogP contribution < -0.4 is 9.47 Å². The molecule has 0 aliphatic rings. The highest BCUT2D eigenvalue weighted by Crippen LogP contribution is 2.20. The summed E-state index contributed by atoms with van der Waals surface area (Å²) in [6.45, 7) is 2.96. The molecule has 2 aromatic rings. The Bertz CT molecular complexity index is 846. The molecule has 0 aliphatic heterocycles. The van der Waals surface area contributed by atoms with Crippen molar-refractivity contribution in [1.82, 2.24) is 0 Å². The molecule has 0 aromatic heterocycles. The molecule has 0 atom stereocenters. The smallest absolute Gasteiger partial charge is 0.341 e. The molecule has 0 spiro atoms. The van der Waals surface area contributed by atoms with E-state index in [1.54, 1.807) is 36.4 Å². The van der Waals surface area contributed by atoms with Gasteiger partial charge < -0.3 is 14.2 Å². The third kappa shape index (κ3) is 7.73. The van der Waals surface area contributed by atoms with E-state index >= 15 is 0 Å². The van der Waals surface area contributed by atoms with E-state index in [2.05, 4.69) is 0 Å². The van der Waals surface area contributed by atoms with Crippen molar-refractivity contribution in [1.29, 1.82) is 0 Å². The summed E-state index contributed by atoms with van der Waals surface area (Å²) in [4.78, 5) is 44.5. The van der Waals surface area contributed by atoms with Gasteiger partial charge in [-0.2, -0.15) is 0 Å². The van der Waals surface area contributed by atoms with Crippen molar-refractivity contribution < 1.29 is 38.4 Å². The summed E-state index contributed by atoms with van der Waals surface area (Å²) < 4.78 is 15.2. The van der Waals surface area contributed by atoms with E-state index in [0.717, 1.165) is 0 Å². The average molecular weight is 402 g/mol. The van der Waals surface area contributed by atoms with Crippen LogP contribution in [0.2, 0.25) is 0 Å². The topological polar surface area (TPSA) is 97.4 Å². The molecular formula is C21H22O8. The van der Waals surface area contributed by atoms with Gasteiger partial charge in [0.25, 0.3) is 0 Å². The first-order valence-corrected chi connectivity index (χ1v) is 8.92. The van der Waals surface area contributed by atoms with Crippen LogP contribution in [0.25, 0.3) is 0 Å². The van der Waals surface area contributed by atoms with Crippen LogP contribution in [0.3, 0.4) is 0 Å². The lowest BCUT2D eigenvalue weighted by atomic mass is 10.2. The molecule has 0 saturated heterocycles. The van der Waals surface area contributed by atoms with E-state index in [1.165, 1.54) is 26.0 Å². The van der Waals surface area contributed by atoms with Gasteiger partial charge in [-0.3, -0.25) is 9.59 Å². The Morgan fingerprint density at radius 1 is 0.759 bits per heavy atom. The lowest BCUT2D eigenvalue weighted by Gasteiger charge is -2.10. The Kier molecular flexibility index (Phi) is 8.81. The fourth-order valence-corrected chi connectivity index (χ4v) is 2.28. The highest BCUT2D eigenvalue weighted by atomic mass is 17.2. The SMILES string of the molecule is CC(=O)Oc1ccccc1COOCCCOC(=O)c1ccccc1OC(C)=O. The Morgan fingerprint density at radius 2 is 1.38 bits per heavy atom. The molecule has 0 N–H and O–H groups in total. The van der Waals surface area contributed by atoms with Crippen LogP contribution in [0.4, 0.5) is 0 Å². The number of ether oxygens (including phenoxy) is 3. The number of para-hydroxylation sites is 2. The zero-order valence-corrected chi connectivity index (χ0v) is 16.2. The molecule has 2 aromatic carbocycles. The van der Waals surface area contributed by atoms with Crippen LogP contribution in [0.5, 0.6) is 11.5 Å². The van der Waals surface area contributed by atoms with Crippen LogP contribution in [-0.2, 0) is 30.7 Å². The minimum atomic E-state index is -0.599. The maximum Gasteiger partial charge on any atom is 0.341 e. The van der Waals surface area contributed by atoms with Crippen molar-refractivity contribution in [3.05, 3.63) is 59.7 Å². The molecule has 29 heavy (non-hydrogen) atoms. The van der Waals surface area contributed by atoms with Crippen molar-refractivity contribution in [3.63, 3.8) is 0 Å². The predicted molar refractivity (Wildman–Crippen MR) is 101 cm³/mol. The summed E-state index contributed by atoms with van der Waals surface area (Å²) in [5.41, 5.74) is 0.832. The van der Waals surface area contributed by atoms with E-state index in [0.29, 0.717) is 17.7 Å². The zero-order chi connectivity index (χ0) is 21.1. The van der Waals surface area contributed by atoms with Crippen molar-refractivity contribution >= 4 is 17.9 Å². The molecule has 0 amide bonds. The van der Waals surface area contributed by atoms with Gasteiger partial charge in [-0.15, -0.1) is 0 Å². The summed E-state index contributed by atoms with van der Waals surface area (Å²) in [5.74, 6) is -0.986. The van der Waals surface area contributed by atoms with Crippen LogP contribution in [0.15, 0.2) is 48.5 Å². The van der Waals surface area contributed by atoms with E-state index in [4.69, 9.17) is 24.0 Å². The summed E-state index contributed by atoms with van der Waals surface area (Å²) in [7, 11) is 0. The normalized spacial score (nSPS) is 10.3. The minimum Gasteiger partial charge on any atom is -0.462 e. The third-order valence-electron chi connectivity index (χ3n) is 3.49. The lowest BCUT2D eigenvalue weighted by molar-refractivity contribution is -0.304. The van der Waals surface area contributed by atoms with Gasteiger partial charge in [-0.05, 0) is 18.2 Å². The van der Waals surface area contributed by atoms with E-state index in [9.17, 15) is 14.4 Å². The lowest BCUT2D eigenvalue weighted by Crippen LogP contribution is -2.12. The molecule has 0 bridgehead atoms. The second-order valence-corrected chi connectivity index (χ2v) is 5.86. The summed E-state index contributed by atoms with van der Waals surface area (Å²) >= 11 is 0. The predicted octanol–water partition coefficient (Wildman–Crippen LogP) is 3.23. The van der Waals surface area contributed by atoms with Gasteiger partial charge in [0.15, 0.2) is 0 Å². The van der Waals surface area contributed by atoms with Crippen LogP contribution in [0, 0.1) is 0 Å². The summed E-state index contributed by atoms with van der Waals surface area (Å²) in [6.07, 6.45) is 0.396. The Balaban J connectivity index is 1.69. The summed E-state index contributed by atoms with van der Waals surface area (Å²) in [6, 6.07) is 13.3. The summed E-state index contributed by atoms with van der Waals surface area (Å²) in [5, 5.41) is 0. The first kappa shape index (κ1) is 22.1. The van der Waals surface area contributed by atoms with Gasteiger partial charge in [0, 0.05) is 25.8 Å². The molecule has 0 aliphatic carbocycles. The number of rotatable bonds is 10. The fourth-order valence-electron chi connectivity index (χ4n) is 2.28. The highest BCUT2D eigenvalue weighted by Gasteiger charge is 2.14. The number of benzene rings is 2. The molecule has 0 fully saturated rings. The number of hydrogen-bond acceptors (Lipinski definition) is 8. The molecule has 8 nitrogen and oxygen atoms in total. The maximum atomic E-state index is 12.1. The Hall–Kier alpha value is -3.23. The first-order valence-electron chi connectivity index (χ1n) is 8.92. The molecule has 2 rings (SSSR count). The minimum absolute atomic E-state index is 0.0962. The first-order chi connectivity index (χ1) is 14.0. The van der Waals surface area contributed by atoms with E-state index in [-0.39, 0.29) is 31.1 Å². The zero-order valence-electron chi connectivity index (χ0n) is 16.2. The van der Waals surface area contributed by atoms with Crippen molar-refractivity contribution in [2.45, 2.75) is 26.9 Å². The van der Waals surface area contributed by atoms with Crippen LogP contribution in [-0.4, -0.2) is 31.1 Å². The largest absolute Gasteiger partial charge is 0.462 e. The van der Waals surface area contributed by atoms with Crippen molar-refractivity contribution in [3.8, 4) is 11.5 Å². The third-order valence-corrected chi connectivity index (χ3v) is 3.49. The van der Waals surface area contributed by atoms with E-state index < -0.39 is 17.9 Å². The second-order valence-electron chi connectivity index (χ2n) is 5.86. The molecule has 8 heteroatoms. The van der Waals surface area contributed by atoms with Gasteiger partial charge in [-0.1, -0.05) is 30.3 Å². The number of hydrogen-bond donors (Lipinski definition) is 0. The highest BCUT2D eigenvalue weighted by molar-refractivity contribution is 5.93. The Labute approximate surface area is 168 Å². The number of carbonyl (C=O) groups is 3. The van der Waals surface area contributed by atoms with Gasteiger partial charge in [-0.25, -0.2) is 14.6 Å². The van der Waals surface area contributed by atoms with Crippen molar-refractivity contribution in [2.24, 2.45) is 0 Å². The molecular weight excluding hydrogens is 380 g/mol. The fraction of sp³-hybridized carbons (Fsp3) is 0.286. The van der Waals surface area contributed by atoms with Crippen molar-refractivity contribution in [2.75, 3.05) is 13.2 Å². The maximum absolute atomic E-state index is 12.1. The molecule has 0 unspecified atom stereocenters. The van der Waals surface area contributed by atoms with Gasteiger partial charge in [0.2, 0.25) is 0 Å². The van der Waals surface area contributed by atoms with Crippen LogP contribution >= 0.6 is 0 Å². The molecule has 154 valence electrons. The molecule has 0 saturated carbocycles. The van der Waals surface area contributed by atoms with Crippen LogP contribution in [0.1, 0.15) is 36.2 Å². The number of carbonyl (C=O) groups excluding carboxylic acids is 3. The monoisotopic (exact) mass is 402 g/mol. The average Bonchev–Trinajstić information content (AvgIpc) is 2.68. The van der Waals surface area contributed by atoms with Gasteiger partial charge in [0.05, 0.1) is 13.2 Å². The number of esters is 3. The standard InChI is InChI=1S/C21H22O8/c1-15(22)28-19-10-5-3-8-17(19)14-27-26-13-7-12-25-21(24)18-9-4-6-11-20(18)29-16(2)23/h3-6,8-11H,7,12-14H2,1-2H3. The second kappa shape index (κ2) is 11.6. The van der Waals surface area contributed by atoms with Gasteiger partial charge >= 0.3 is 17.9 Å². The molecule has 0 heterocycles. The Morgan fingerprint density at radius 3 is 2.10 bits per heavy atom. The van der Waals surface area contributed by atoms with E-state index in [1.807, 2.05) is 0 Å². The van der Waals surface area contributed by atoms with Gasteiger partial charge in [0.1, 0.15) is 23.7 Å². The molecule has 0 radical (unpaired) electrons. The quantitative estimate of drug-likeness (QED) is 0.196.